The quantitative estimate of drug-likeness (QED) is 0.220. The molecule has 2 N–H and O–H groups in total. The summed E-state index contributed by atoms with van der Waals surface area (Å²) in [6, 6.07) is 0. The summed E-state index contributed by atoms with van der Waals surface area (Å²) in [7, 11) is 0. The molecule has 8 nitrogen and oxygen atoms in total. The predicted molar refractivity (Wildman–Crippen MR) is 81.7 cm³/mol. The van der Waals surface area contributed by atoms with Gasteiger partial charge < -0.3 is 19.3 Å². The van der Waals surface area contributed by atoms with Gasteiger partial charge in [-0.1, -0.05) is 20.8 Å². The minimum absolute atomic E-state index is 0.116. The number of nitrogens with one attached hydrogen (secondary N) is 2. The maximum absolute atomic E-state index is 11.0. The first-order valence-electron chi connectivity index (χ1n) is 7.53. The molecule has 0 radical (unpaired) electrons. The lowest BCUT2D eigenvalue weighted by atomic mass is 9.82. The first-order chi connectivity index (χ1) is 10.8. The van der Waals surface area contributed by atoms with Gasteiger partial charge in [0.1, 0.15) is 25.4 Å². The molecule has 1 atom stereocenters. The van der Waals surface area contributed by atoms with E-state index in [0.29, 0.717) is 31.6 Å². The summed E-state index contributed by atoms with van der Waals surface area (Å²) < 4.78 is 0. The number of hydroxylamine groups is 2. The third-order valence-corrected chi connectivity index (χ3v) is 3.06. The fourth-order valence-corrected chi connectivity index (χ4v) is 2.09. The SMILES string of the molecule is CC(CCNOC(=O)CC=O)CC(C)(C)CNOC(=O)CC=O. The van der Waals surface area contributed by atoms with E-state index < -0.39 is 11.9 Å². The van der Waals surface area contributed by atoms with Crippen LogP contribution in [-0.4, -0.2) is 37.6 Å². The topological polar surface area (TPSA) is 111 Å². The zero-order valence-corrected chi connectivity index (χ0v) is 13.9. The van der Waals surface area contributed by atoms with Crippen molar-refractivity contribution in [3.8, 4) is 0 Å². The largest absolute Gasteiger partial charge is 0.370 e. The normalized spacial score (nSPS) is 12.3. The van der Waals surface area contributed by atoms with E-state index in [1.165, 1.54) is 0 Å². The molecule has 0 aromatic rings. The minimum Gasteiger partial charge on any atom is -0.370 e. The molecule has 23 heavy (non-hydrogen) atoms. The molecule has 132 valence electrons. The molecule has 0 aliphatic heterocycles. The van der Waals surface area contributed by atoms with Crippen molar-refractivity contribution >= 4 is 24.5 Å². The van der Waals surface area contributed by atoms with Gasteiger partial charge in [-0.2, -0.15) is 11.0 Å². The van der Waals surface area contributed by atoms with Crippen molar-refractivity contribution in [1.29, 1.82) is 0 Å². The van der Waals surface area contributed by atoms with E-state index in [-0.39, 0.29) is 18.3 Å². The van der Waals surface area contributed by atoms with Crippen LogP contribution in [0.25, 0.3) is 0 Å². The van der Waals surface area contributed by atoms with Crippen LogP contribution in [-0.2, 0) is 28.9 Å². The highest BCUT2D eigenvalue weighted by Gasteiger charge is 2.21. The first-order valence-corrected chi connectivity index (χ1v) is 7.53. The van der Waals surface area contributed by atoms with Gasteiger partial charge in [0, 0.05) is 13.1 Å². The number of hydrogen-bond acceptors (Lipinski definition) is 8. The van der Waals surface area contributed by atoms with Crippen LogP contribution in [0.4, 0.5) is 0 Å². The molecule has 0 amide bonds. The second-order valence-electron chi connectivity index (χ2n) is 6.17. The summed E-state index contributed by atoms with van der Waals surface area (Å²) >= 11 is 0. The van der Waals surface area contributed by atoms with Gasteiger partial charge in [-0.25, -0.2) is 9.59 Å². The Hall–Kier alpha value is -1.80. The number of hydrogen-bond donors (Lipinski definition) is 2. The Labute approximate surface area is 136 Å². The molecule has 8 heteroatoms. The monoisotopic (exact) mass is 330 g/mol. The first kappa shape index (κ1) is 21.2. The Morgan fingerprint density at radius 3 is 2.09 bits per heavy atom. The Kier molecular flexibility index (Phi) is 10.8. The minimum atomic E-state index is -0.606. The average molecular weight is 330 g/mol. The summed E-state index contributed by atoms with van der Waals surface area (Å²) in [4.78, 5) is 51.6. The van der Waals surface area contributed by atoms with Crippen molar-refractivity contribution in [3.05, 3.63) is 0 Å². The van der Waals surface area contributed by atoms with E-state index in [2.05, 4.69) is 22.7 Å². The molecule has 0 bridgehead atoms. The van der Waals surface area contributed by atoms with Crippen LogP contribution in [0.5, 0.6) is 0 Å². The second kappa shape index (κ2) is 11.7. The molecular weight excluding hydrogens is 304 g/mol. The molecule has 0 spiro atoms. The lowest BCUT2D eigenvalue weighted by Gasteiger charge is -2.28. The van der Waals surface area contributed by atoms with E-state index in [0.717, 1.165) is 12.8 Å². The maximum atomic E-state index is 11.0. The van der Waals surface area contributed by atoms with E-state index in [9.17, 15) is 19.2 Å². The number of aldehydes is 2. The van der Waals surface area contributed by atoms with Gasteiger partial charge in [0.05, 0.1) is 0 Å². The molecule has 0 saturated carbocycles. The van der Waals surface area contributed by atoms with Gasteiger partial charge in [0.15, 0.2) is 0 Å². The maximum Gasteiger partial charge on any atom is 0.331 e. The number of carbonyl (C=O) groups excluding carboxylic acids is 4. The predicted octanol–water partition coefficient (Wildman–Crippen LogP) is 0.702. The lowest BCUT2D eigenvalue weighted by molar-refractivity contribution is -0.153. The molecule has 0 rings (SSSR count). The van der Waals surface area contributed by atoms with Crippen LogP contribution in [0.15, 0.2) is 0 Å². The summed E-state index contributed by atoms with van der Waals surface area (Å²) in [5, 5.41) is 0. The van der Waals surface area contributed by atoms with Gasteiger partial charge in [-0.15, -0.1) is 0 Å². The lowest BCUT2D eigenvalue weighted by Crippen LogP contribution is -2.33. The van der Waals surface area contributed by atoms with Crippen molar-refractivity contribution in [2.24, 2.45) is 11.3 Å². The third kappa shape index (κ3) is 12.4. The van der Waals surface area contributed by atoms with Crippen molar-refractivity contribution in [3.63, 3.8) is 0 Å². The smallest absolute Gasteiger partial charge is 0.331 e. The average Bonchev–Trinajstić information content (AvgIpc) is 2.43. The zero-order chi connectivity index (χ0) is 17.7. The molecular formula is C15H26N2O6. The van der Waals surface area contributed by atoms with Crippen LogP contribution in [0.3, 0.4) is 0 Å². The Balaban J connectivity index is 3.86. The molecule has 0 aliphatic rings. The molecule has 0 aromatic heterocycles. The van der Waals surface area contributed by atoms with Crippen LogP contribution in [0.2, 0.25) is 0 Å². The Morgan fingerprint density at radius 2 is 1.57 bits per heavy atom. The fraction of sp³-hybridized carbons (Fsp3) is 0.733. The molecule has 0 saturated heterocycles. The number of rotatable bonds is 13. The summed E-state index contributed by atoms with van der Waals surface area (Å²) in [5.74, 6) is -0.866. The van der Waals surface area contributed by atoms with E-state index in [4.69, 9.17) is 4.84 Å². The van der Waals surface area contributed by atoms with E-state index >= 15 is 0 Å². The van der Waals surface area contributed by atoms with Crippen LogP contribution >= 0.6 is 0 Å². The molecule has 0 fully saturated rings. The van der Waals surface area contributed by atoms with E-state index in [1.54, 1.807) is 0 Å². The molecule has 0 aromatic carbocycles. The van der Waals surface area contributed by atoms with Crippen LogP contribution in [0, 0.1) is 11.3 Å². The van der Waals surface area contributed by atoms with Crippen molar-refractivity contribution in [1.82, 2.24) is 11.0 Å². The summed E-state index contributed by atoms with van der Waals surface area (Å²) in [6.45, 7) is 7.07. The van der Waals surface area contributed by atoms with Gasteiger partial charge in [-0.05, 0) is 24.2 Å². The summed E-state index contributed by atoms with van der Waals surface area (Å²) in [5.41, 5.74) is 5.00. The van der Waals surface area contributed by atoms with Crippen LogP contribution < -0.4 is 11.0 Å². The third-order valence-electron chi connectivity index (χ3n) is 3.06. The standard InChI is InChI=1S/C15H26N2O6/c1-12(4-7-16-22-13(20)5-8-18)10-15(2,3)11-17-23-14(21)6-9-19/h8-9,12,16-17H,4-7,10-11H2,1-3H3. The van der Waals surface area contributed by atoms with Crippen molar-refractivity contribution in [2.75, 3.05) is 13.1 Å². The van der Waals surface area contributed by atoms with Gasteiger partial charge in [0.2, 0.25) is 0 Å². The Bertz CT molecular complexity index is 397. The van der Waals surface area contributed by atoms with Crippen LogP contribution in [0.1, 0.15) is 46.5 Å². The Morgan fingerprint density at radius 1 is 1.04 bits per heavy atom. The molecule has 0 aliphatic carbocycles. The van der Waals surface area contributed by atoms with Crippen molar-refractivity contribution in [2.45, 2.75) is 46.5 Å². The summed E-state index contributed by atoms with van der Waals surface area (Å²) in [6.07, 6.45) is 2.09. The highest BCUT2D eigenvalue weighted by Crippen LogP contribution is 2.26. The van der Waals surface area contributed by atoms with Gasteiger partial charge >= 0.3 is 11.9 Å². The zero-order valence-electron chi connectivity index (χ0n) is 13.9. The fourth-order valence-electron chi connectivity index (χ4n) is 2.09. The second-order valence-corrected chi connectivity index (χ2v) is 6.17. The van der Waals surface area contributed by atoms with Gasteiger partial charge in [0.25, 0.3) is 0 Å². The molecule has 0 heterocycles. The van der Waals surface area contributed by atoms with Gasteiger partial charge in [-0.3, -0.25) is 0 Å². The molecule has 1 unspecified atom stereocenters. The number of carbonyl (C=O) groups is 4. The van der Waals surface area contributed by atoms with Crippen molar-refractivity contribution < 1.29 is 28.9 Å². The van der Waals surface area contributed by atoms with E-state index in [1.807, 2.05) is 13.8 Å². The highest BCUT2D eigenvalue weighted by atomic mass is 16.7. The highest BCUT2D eigenvalue weighted by molar-refractivity contribution is 5.83.